The van der Waals surface area contributed by atoms with E-state index in [-0.39, 0.29) is 0 Å². The van der Waals surface area contributed by atoms with E-state index in [1.165, 1.54) is 63.6 Å². The van der Waals surface area contributed by atoms with E-state index in [0.717, 1.165) is 57.7 Å². The molecule has 0 saturated heterocycles. The van der Waals surface area contributed by atoms with Gasteiger partial charge in [0.2, 0.25) is 0 Å². The van der Waals surface area contributed by atoms with Crippen molar-refractivity contribution in [2.45, 2.75) is 143 Å². The second kappa shape index (κ2) is 15.4. The minimum atomic E-state index is -0.543. The maximum absolute atomic E-state index is 12.9. The van der Waals surface area contributed by atoms with Gasteiger partial charge in [-0.2, -0.15) is 0 Å². The van der Waals surface area contributed by atoms with Gasteiger partial charge in [-0.25, -0.2) is 14.5 Å². The fraction of sp³-hybridized carbons (Fsp3) is 0.629. The highest BCUT2D eigenvalue weighted by Gasteiger charge is 2.23. The minimum absolute atomic E-state index is 0.530. The molecule has 0 bridgehead atoms. The SMILES string of the molecule is CCCCCCCCCCCc1nccn1CCCn1cc(/C=[N+](\[O-])C(C)(C)C)c2ccc(/C=[N+](\[O-])C(C)(C)C)c-2c1. The Hall–Kier alpha value is -3.09. The molecule has 0 aromatic carbocycles. The lowest BCUT2D eigenvalue weighted by Gasteiger charge is -2.20. The highest BCUT2D eigenvalue weighted by atomic mass is 16.5. The number of rotatable bonds is 16. The summed E-state index contributed by atoms with van der Waals surface area (Å²) in [5.74, 6) is 1.17. The molecule has 7 nitrogen and oxygen atoms in total. The second-order valence-electron chi connectivity index (χ2n) is 13.8. The van der Waals surface area contributed by atoms with Crippen LogP contribution in [0.1, 0.15) is 130 Å². The fourth-order valence-corrected chi connectivity index (χ4v) is 5.13. The molecule has 0 spiro atoms. The third kappa shape index (κ3) is 10.0. The predicted molar refractivity (Wildman–Crippen MR) is 176 cm³/mol. The van der Waals surface area contributed by atoms with Crippen LogP contribution in [0.4, 0.5) is 0 Å². The van der Waals surface area contributed by atoms with Crippen LogP contribution in [0.2, 0.25) is 0 Å². The van der Waals surface area contributed by atoms with Crippen LogP contribution in [0.15, 0.2) is 36.9 Å². The molecule has 0 saturated carbocycles. The van der Waals surface area contributed by atoms with Gasteiger partial charge in [0.15, 0.2) is 23.5 Å². The number of fused-ring (bicyclic) bond motifs is 1. The molecule has 1 aliphatic heterocycles. The number of aromatic nitrogens is 3. The van der Waals surface area contributed by atoms with Gasteiger partial charge in [0, 0.05) is 97.0 Å². The quantitative estimate of drug-likeness (QED) is 0.0564. The van der Waals surface area contributed by atoms with Crippen LogP contribution >= 0.6 is 0 Å². The van der Waals surface area contributed by atoms with Crippen LogP contribution in [-0.2, 0) is 19.5 Å². The standard InChI is InChI=1S/C35H55N5O2/c1-8-9-10-11-12-13-14-15-16-18-33-36-21-24-38(33)23-17-22-37-25-30(27-40(42)35(5,6)7)31-20-19-29(32(31)28-37)26-39(41)34(2,3)4/h19-21,24-28H,8-18,22-23H2,1-7H3/b39-26-,40-27-. The largest absolute Gasteiger partial charge is 0.623 e. The van der Waals surface area contributed by atoms with Gasteiger partial charge in [0.1, 0.15) is 5.82 Å². The van der Waals surface area contributed by atoms with Crippen molar-refractivity contribution in [1.82, 2.24) is 14.1 Å². The van der Waals surface area contributed by atoms with Crippen LogP contribution < -0.4 is 0 Å². The molecule has 3 rings (SSSR count). The van der Waals surface area contributed by atoms with Crippen molar-refractivity contribution in [1.29, 1.82) is 0 Å². The number of unbranched alkanes of at least 4 members (excludes halogenated alkanes) is 8. The zero-order chi connectivity index (χ0) is 30.8. The van der Waals surface area contributed by atoms with Gasteiger partial charge in [-0.15, -0.1) is 0 Å². The first kappa shape index (κ1) is 33.4. The lowest BCUT2D eigenvalue weighted by atomic mass is 10.0. The molecule has 2 aliphatic rings. The Balaban J connectivity index is 1.67. The Kier molecular flexibility index (Phi) is 12.3. The van der Waals surface area contributed by atoms with E-state index in [9.17, 15) is 10.4 Å². The number of hydrogen-bond acceptors (Lipinski definition) is 3. The second-order valence-corrected chi connectivity index (χ2v) is 13.8. The first-order valence-corrected chi connectivity index (χ1v) is 16.2. The van der Waals surface area contributed by atoms with E-state index < -0.39 is 11.1 Å². The summed E-state index contributed by atoms with van der Waals surface area (Å²) in [7, 11) is 0. The molecule has 0 N–H and O–H groups in total. The van der Waals surface area contributed by atoms with Crippen LogP contribution in [-0.4, -0.2) is 47.1 Å². The monoisotopic (exact) mass is 577 g/mol. The molecule has 232 valence electrons. The van der Waals surface area contributed by atoms with Crippen molar-refractivity contribution in [3.8, 4) is 11.1 Å². The van der Waals surface area contributed by atoms with E-state index in [1.54, 1.807) is 12.4 Å². The van der Waals surface area contributed by atoms with E-state index in [2.05, 4.69) is 39.6 Å². The summed E-state index contributed by atoms with van der Waals surface area (Å²) < 4.78 is 6.47. The van der Waals surface area contributed by atoms with Gasteiger partial charge in [-0.3, -0.25) is 0 Å². The van der Waals surface area contributed by atoms with E-state index in [4.69, 9.17) is 0 Å². The molecule has 2 heterocycles. The highest BCUT2D eigenvalue weighted by molar-refractivity contribution is 5.96. The maximum Gasteiger partial charge on any atom is 0.184 e. The van der Waals surface area contributed by atoms with Crippen LogP contribution in [0, 0.1) is 10.4 Å². The molecule has 0 unspecified atom stereocenters. The summed E-state index contributed by atoms with van der Waals surface area (Å²) in [5, 5.41) is 25.6. The first-order chi connectivity index (χ1) is 19.9. The lowest BCUT2D eigenvalue weighted by Crippen LogP contribution is -2.29. The van der Waals surface area contributed by atoms with Crippen LogP contribution in [0.3, 0.4) is 0 Å². The summed E-state index contributed by atoms with van der Waals surface area (Å²) in [6.45, 7) is 15.4. The van der Waals surface area contributed by atoms with Crippen molar-refractivity contribution in [2.24, 2.45) is 0 Å². The summed E-state index contributed by atoms with van der Waals surface area (Å²) in [6, 6.07) is 3.98. The van der Waals surface area contributed by atoms with Gasteiger partial charge in [-0.1, -0.05) is 64.4 Å². The van der Waals surface area contributed by atoms with E-state index >= 15 is 0 Å². The molecule has 1 aromatic rings. The Morgan fingerprint density at radius 1 is 0.714 bits per heavy atom. The van der Waals surface area contributed by atoms with Gasteiger partial charge >= 0.3 is 0 Å². The Morgan fingerprint density at radius 3 is 1.93 bits per heavy atom. The average molecular weight is 578 g/mol. The highest BCUT2D eigenvalue weighted by Crippen LogP contribution is 2.30. The van der Waals surface area contributed by atoms with E-state index in [1.807, 2.05) is 59.9 Å². The molecule has 0 atom stereocenters. The van der Waals surface area contributed by atoms with Gasteiger partial charge in [0.25, 0.3) is 0 Å². The molecule has 0 radical (unpaired) electrons. The van der Waals surface area contributed by atoms with Crippen LogP contribution in [0.25, 0.3) is 11.1 Å². The third-order valence-corrected chi connectivity index (χ3v) is 7.90. The van der Waals surface area contributed by atoms with Gasteiger partial charge in [-0.05, 0) is 24.5 Å². The van der Waals surface area contributed by atoms with Crippen molar-refractivity contribution in [3.63, 3.8) is 0 Å². The molecule has 42 heavy (non-hydrogen) atoms. The van der Waals surface area contributed by atoms with Crippen LogP contribution in [0.5, 0.6) is 0 Å². The molecule has 1 aliphatic carbocycles. The summed E-state index contributed by atoms with van der Waals surface area (Å²) in [4.78, 5) is 4.64. The number of nitrogens with zero attached hydrogens (tertiary/aromatic N) is 5. The summed E-state index contributed by atoms with van der Waals surface area (Å²) in [6.07, 6.45) is 25.4. The zero-order valence-electron chi connectivity index (χ0n) is 27.4. The van der Waals surface area contributed by atoms with Gasteiger partial charge < -0.3 is 19.5 Å². The number of pyridine rings is 1. The minimum Gasteiger partial charge on any atom is -0.623 e. The smallest absolute Gasteiger partial charge is 0.184 e. The number of aryl methyl sites for hydroxylation is 3. The Morgan fingerprint density at radius 2 is 1.31 bits per heavy atom. The van der Waals surface area contributed by atoms with Gasteiger partial charge in [0.05, 0.1) is 5.56 Å². The maximum atomic E-state index is 12.9. The number of imidazole rings is 1. The lowest BCUT2D eigenvalue weighted by molar-refractivity contribution is -0.530. The predicted octanol–water partition coefficient (Wildman–Crippen LogP) is 8.41. The topological polar surface area (TPSA) is 74.9 Å². The Labute approximate surface area is 254 Å². The zero-order valence-corrected chi connectivity index (χ0v) is 27.4. The summed E-state index contributed by atoms with van der Waals surface area (Å²) >= 11 is 0. The van der Waals surface area contributed by atoms with Crippen molar-refractivity contribution < 1.29 is 9.48 Å². The normalized spacial score (nSPS) is 13.4. The molecule has 1 aromatic heterocycles. The molecule has 0 fully saturated rings. The molecule has 0 amide bonds. The molecule has 7 heteroatoms. The fourth-order valence-electron chi connectivity index (χ4n) is 5.13. The average Bonchev–Trinajstić information content (AvgIpc) is 3.53. The third-order valence-electron chi connectivity index (χ3n) is 7.90. The summed E-state index contributed by atoms with van der Waals surface area (Å²) in [5.41, 5.74) is 2.61. The molecular weight excluding hydrogens is 522 g/mol. The van der Waals surface area contributed by atoms with Crippen molar-refractivity contribution in [2.75, 3.05) is 0 Å². The Bertz CT molecular complexity index is 1270. The van der Waals surface area contributed by atoms with E-state index in [0.29, 0.717) is 0 Å². The molecular formula is C35H55N5O2. The van der Waals surface area contributed by atoms with Crippen molar-refractivity contribution in [3.05, 3.63) is 64.3 Å². The van der Waals surface area contributed by atoms with Crippen molar-refractivity contribution >= 4 is 12.4 Å². The number of hydroxylamine groups is 2. The number of hydrogen-bond donors (Lipinski definition) is 0. The first-order valence-electron chi connectivity index (χ1n) is 16.2.